The topological polar surface area (TPSA) is 90.9 Å². The molecule has 1 amide bonds. The molecule has 0 radical (unpaired) electrons. The van der Waals surface area contributed by atoms with Crippen LogP contribution in [0.5, 0.6) is 5.75 Å². The van der Waals surface area contributed by atoms with Gasteiger partial charge in [0.2, 0.25) is 5.91 Å². The fourth-order valence-electron chi connectivity index (χ4n) is 5.39. The highest BCUT2D eigenvalue weighted by atomic mass is 16.5. The van der Waals surface area contributed by atoms with E-state index in [4.69, 9.17) is 14.6 Å². The molecule has 6 rings (SSSR count). The van der Waals surface area contributed by atoms with Gasteiger partial charge in [0, 0.05) is 49.0 Å². The van der Waals surface area contributed by atoms with E-state index in [2.05, 4.69) is 57.3 Å². The molecule has 2 aromatic carbocycles. The van der Waals surface area contributed by atoms with Crippen LogP contribution in [0, 0.1) is 6.92 Å². The number of carbonyl (C=O) groups excluding carboxylic acids is 1. The Morgan fingerprint density at radius 3 is 2.63 bits per heavy atom. The number of aliphatic hydroxyl groups is 1. The van der Waals surface area contributed by atoms with E-state index in [0.717, 1.165) is 77.5 Å². The Morgan fingerprint density at radius 2 is 1.87 bits per heavy atom. The largest absolute Gasteiger partial charge is 0.488 e. The molecule has 0 spiro atoms. The molecule has 2 fully saturated rings. The van der Waals surface area contributed by atoms with E-state index in [-0.39, 0.29) is 12.0 Å². The molecule has 0 bridgehead atoms. The Hall–Kier alpha value is -3.88. The molecule has 1 atom stereocenters. The second-order valence-corrected chi connectivity index (χ2v) is 9.96. The van der Waals surface area contributed by atoms with Crippen LogP contribution in [0.3, 0.4) is 0 Å². The summed E-state index contributed by atoms with van der Waals surface area (Å²) in [5.41, 5.74) is 7.47. The smallest absolute Gasteiger partial charge is 0.248 e. The first-order chi connectivity index (χ1) is 18.6. The van der Waals surface area contributed by atoms with Crippen molar-refractivity contribution in [1.82, 2.24) is 14.9 Å². The minimum atomic E-state index is -0.457. The van der Waals surface area contributed by atoms with Crippen molar-refractivity contribution >= 4 is 22.6 Å². The van der Waals surface area contributed by atoms with Crippen molar-refractivity contribution in [2.75, 3.05) is 50.9 Å². The summed E-state index contributed by atoms with van der Waals surface area (Å²) in [7, 11) is 0. The summed E-state index contributed by atoms with van der Waals surface area (Å²) < 4.78 is 11.7. The number of aryl methyl sites for hydroxylation is 1. The molecule has 2 saturated heterocycles. The predicted octanol–water partition coefficient (Wildman–Crippen LogP) is 4.01. The van der Waals surface area contributed by atoms with E-state index < -0.39 is 6.61 Å². The van der Waals surface area contributed by atoms with Crippen LogP contribution in [0.15, 0.2) is 60.8 Å². The number of H-pyrrole nitrogens is 1. The third-order valence-electron chi connectivity index (χ3n) is 7.50. The highest BCUT2D eigenvalue weighted by Gasteiger charge is 2.27. The lowest BCUT2D eigenvalue weighted by atomic mass is 10.0. The van der Waals surface area contributed by atoms with E-state index in [1.54, 1.807) is 4.90 Å². The lowest BCUT2D eigenvalue weighted by Gasteiger charge is -2.28. The monoisotopic (exact) mass is 512 g/mol. The number of benzene rings is 2. The summed E-state index contributed by atoms with van der Waals surface area (Å²) in [6.07, 6.45) is 2.53. The van der Waals surface area contributed by atoms with Crippen LogP contribution < -0.4 is 9.64 Å². The number of hydrogen-bond donors (Lipinski definition) is 2. The highest BCUT2D eigenvalue weighted by Crippen LogP contribution is 2.34. The first-order valence-corrected chi connectivity index (χ1v) is 13.2. The lowest BCUT2D eigenvalue weighted by molar-refractivity contribution is -0.133. The number of anilines is 1. The van der Waals surface area contributed by atoms with Gasteiger partial charge < -0.3 is 29.4 Å². The first-order valence-electron chi connectivity index (χ1n) is 13.2. The van der Waals surface area contributed by atoms with E-state index in [0.29, 0.717) is 13.1 Å². The Balaban J connectivity index is 1.22. The fourth-order valence-corrected chi connectivity index (χ4v) is 5.39. The van der Waals surface area contributed by atoms with Crippen LogP contribution in [0.25, 0.3) is 33.4 Å². The summed E-state index contributed by atoms with van der Waals surface area (Å²) in [6.45, 7) is 6.09. The molecule has 2 N–H and O–H groups in total. The van der Waals surface area contributed by atoms with Crippen molar-refractivity contribution in [3.8, 4) is 28.1 Å². The number of aromatic nitrogens is 2. The number of nitrogens with zero attached hydrogens (tertiary/aromatic N) is 3. The van der Waals surface area contributed by atoms with Gasteiger partial charge in [-0.15, -0.1) is 0 Å². The summed E-state index contributed by atoms with van der Waals surface area (Å²) >= 11 is 0. The Bertz CT molecular complexity index is 1440. The zero-order valence-electron chi connectivity index (χ0n) is 21.5. The van der Waals surface area contributed by atoms with Crippen molar-refractivity contribution in [1.29, 1.82) is 0 Å². The average molecular weight is 513 g/mol. The molecule has 8 nitrogen and oxygen atoms in total. The van der Waals surface area contributed by atoms with Gasteiger partial charge in [-0.05, 0) is 65.6 Å². The van der Waals surface area contributed by atoms with Gasteiger partial charge in [-0.3, -0.25) is 4.79 Å². The quantitative estimate of drug-likeness (QED) is 0.406. The maximum Gasteiger partial charge on any atom is 0.248 e. The number of aliphatic hydroxyl groups excluding tert-OH is 1. The summed E-state index contributed by atoms with van der Waals surface area (Å²) in [5, 5.41) is 10.2. The number of rotatable bonds is 6. The van der Waals surface area contributed by atoms with Crippen molar-refractivity contribution in [2.45, 2.75) is 19.4 Å². The van der Waals surface area contributed by atoms with Gasteiger partial charge in [0.25, 0.3) is 0 Å². The standard InChI is InChI=1S/C30H32N4O4/c1-20-16-22(4-7-28(20)38-24-9-11-34(18-24)29(36)19-35)25-8-10-31-30-26(25)17-27(32-30)21-2-5-23(6-3-21)33-12-14-37-15-13-33/h2-8,10,16-17,24,35H,9,11-15,18-19H2,1H3,(H,31,32)/t24-/m1/s1. The van der Waals surface area contributed by atoms with Crippen LogP contribution in [-0.2, 0) is 9.53 Å². The molecule has 2 aromatic heterocycles. The fraction of sp³-hybridized carbons (Fsp3) is 0.333. The lowest BCUT2D eigenvalue weighted by Crippen LogP contribution is -2.36. The molecule has 4 heterocycles. The summed E-state index contributed by atoms with van der Waals surface area (Å²) in [4.78, 5) is 23.9. The molecule has 196 valence electrons. The van der Waals surface area contributed by atoms with Crippen molar-refractivity contribution in [2.24, 2.45) is 0 Å². The molecule has 0 unspecified atom stereocenters. The number of morpholine rings is 1. The number of hydrogen-bond acceptors (Lipinski definition) is 6. The number of nitrogens with one attached hydrogen (secondary N) is 1. The number of amides is 1. The Morgan fingerprint density at radius 1 is 1.08 bits per heavy atom. The molecule has 0 saturated carbocycles. The number of aromatic amines is 1. The number of fused-ring (bicyclic) bond motifs is 1. The Labute approximate surface area is 221 Å². The second kappa shape index (κ2) is 10.5. The van der Waals surface area contributed by atoms with E-state index in [1.807, 2.05) is 25.3 Å². The van der Waals surface area contributed by atoms with E-state index >= 15 is 0 Å². The SMILES string of the molecule is Cc1cc(-c2ccnc3[nH]c(-c4ccc(N5CCOCC5)cc4)cc23)ccc1O[C@@H]1CCN(C(=O)CO)C1. The molecule has 38 heavy (non-hydrogen) atoms. The highest BCUT2D eigenvalue weighted by molar-refractivity contribution is 5.96. The predicted molar refractivity (Wildman–Crippen MR) is 147 cm³/mol. The zero-order valence-corrected chi connectivity index (χ0v) is 21.5. The molecule has 4 aromatic rings. The van der Waals surface area contributed by atoms with Crippen LogP contribution >= 0.6 is 0 Å². The van der Waals surface area contributed by atoms with E-state index in [9.17, 15) is 4.79 Å². The van der Waals surface area contributed by atoms with Crippen molar-refractivity contribution in [3.63, 3.8) is 0 Å². The van der Waals surface area contributed by atoms with Crippen LogP contribution in [0.4, 0.5) is 5.69 Å². The van der Waals surface area contributed by atoms with Gasteiger partial charge in [0.15, 0.2) is 0 Å². The maximum atomic E-state index is 11.8. The number of pyridine rings is 1. The van der Waals surface area contributed by atoms with Crippen molar-refractivity contribution < 1.29 is 19.4 Å². The van der Waals surface area contributed by atoms with Gasteiger partial charge in [0.1, 0.15) is 24.1 Å². The molecular formula is C30H32N4O4. The average Bonchev–Trinajstić information content (AvgIpc) is 3.62. The summed E-state index contributed by atoms with van der Waals surface area (Å²) in [6, 6.07) is 19.1. The van der Waals surface area contributed by atoms with Crippen LogP contribution in [0.2, 0.25) is 0 Å². The number of ether oxygens (including phenoxy) is 2. The van der Waals surface area contributed by atoms with Crippen LogP contribution in [-0.4, -0.2) is 78.0 Å². The third kappa shape index (κ3) is 4.85. The first kappa shape index (κ1) is 24.5. The minimum Gasteiger partial charge on any atom is -0.488 e. The molecule has 2 aliphatic heterocycles. The van der Waals surface area contributed by atoms with Gasteiger partial charge in [-0.2, -0.15) is 0 Å². The third-order valence-corrected chi connectivity index (χ3v) is 7.50. The molecule has 0 aliphatic carbocycles. The number of carbonyl (C=O) groups is 1. The minimum absolute atomic E-state index is 0.0652. The number of likely N-dealkylation sites (tertiary alicyclic amines) is 1. The van der Waals surface area contributed by atoms with Gasteiger partial charge >= 0.3 is 0 Å². The maximum absolute atomic E-state index is 11.8. The summed E-state index contributed by atoms with van der Waals surface area (Å²) in [5.74, 6) is 0.571. The van der Waals surface area contributed by atoms with Crippen molar-refractivity contribution in [3.05, 3.63) is 66.4 Å². The molecule has 2 aliphatic rings. The van der Waals surface area contributed by atoms with Gasteiger partial charge in [-0.1, -0.05) is 18.2 Å². The Kier molecular flexibility index (Phi) is 6.74. The normalized spacial score (nSPS) is 17.8. The second-order valence-electron chi connectivity index (χ2n) is 9.96. The van der Waals surface area contributed by atoms with Crippen LogP contribution in [0.1, 0.15) is 12.0 Å². The molecular weight excluding hydrogens is 480 g/mol. The zero-order chi connectivity index (χ0) is 26.1. The van der Waals surface area contributed by atoms with E-state index in [1.165, 1.54) is 5.69 Å². The van der Waals surface area contributed by atoms with Gasteiger partial charge in [0.05, 0.1) is 19.8 Å². The van der Waals surface area contributed by atoms with Gasteiger partial charge in [-0.25, -0.2) is 4.98 Å². The molecule has 8 heteroatoms.